The number of hydrogen-bond donors (Lipinski definition) is 1. The molecule has 1 aliphatic heterocycles. The second kappa shape index (κ2) is 7.66. The Morgan fingerprint density at radius 2 is 2.07 bits per heavy atom. The van der Waals surface area contributed by atoms with Crippen molar-refractivity contribution in [3.63, 3.8) is 0 Å². The minimum absolute atomic E-state index is 0.223. The second-order valence-electron chi connectivity index (χ2n) is 6.50. The fourth-order valence-corrected chi connectivity index (χ4v) is 3.67. The van der Waals surface area contributed by atoms with Gasteiger partial charge in [-0.05, 0) is 31.2 Å². The normalized spacial score (nSPS) is 18.3. The van der Waals surface area contributed by atoms with Crippen LogP contribution in [0.3, 0.4) is 0 Å². The van der Waals surface area contributed by atoms with Gasteiger partial charge in [-0.1, -0.05) is 46.8 Å². The summed E-state index contributed by atoms with van der Waals surface area (Å²) in [4.78, 5) is 26.3. The Bertz CT molecular complexity index is 911. The number of halogens is 1. The molecule has 1 N–H and O–H groups in total. The van der Waals surface area contributed by atoms with Crippen LogP contribution in [0.4, 0.5) is 5.69 Å². The molecule has 1 amide bonds. The second-order valence-corrected chi connectivity index (χ2v) is 7.41. The number of aliphatic hydroxyl groups is 1. The first-order valence-corrected chi connectivity index (χ1v) is 9.31. The smallest absolute Gasteiger partial charge is 0.264 e. The summed E-state index contributed by atoms with van der Waals surface area (Å²) in [7, 11) is 0. The van der Waals surface area contributed by atoms with Gasteiger partial charge in [-0.25, -0.2) is 0 Å². The number of rotatable bonds is 7. The van der Waals surface area contributed by atoms with Crippen LogP contribution in [0.1, 0.15) is 24.5 Å². The molecule has 0 aliphatic carbocycles. The number of ketones is 1. The number of amides is 1. The minimum atomic E-state index is -1.86. The first kappa shape index (κ1) is 19.3. The molecule has 0 fully saturated rings. The average Bonchev–Trinajstić information content (AvgIpc) is 2.82. The Morgan fingerprint density at radius 3 is 2.78 bits per heavy atom. The van der Waals surface area contributed by atoms with Crippen LogP contribution in [0.5, 0.6) is 5.75 Å². The Labute approximate surface area is 166 Å². The van der Waals surface area contributed by atoms with Gasteiger partial charge in [0, 0.05) is 22.0 Å². The fourth-order valence-electron chi connectivity index (χ4n) is 3.31. The van der Waals surface area contributed by atoms with Gasteiger partial charge in [0.15, 0.2) is 5.60 Å². The zero-order valence-corrected chi connectivity index (χ0v) is 16.5. The lowest BCUT2D eigenvalue weighted by atomic mass is 9.90. The first-order valence-electron chi connectivity index (χ1n) is 8.52. The molecule has 0 saturated carbocycles. The van der Waals surface area contributed by atoms with Gasteiger partial charge in [-0.2, -0.15) is 0 Å². The summed E-state index contributed by atoms with van der Waals surface area (Å²) in [5, 5.41) is 11.1. The van der Waals surface area contributed by atoms with Gasteiger partial charge in [0.1, 0.15) is 18.1 Å². The summed E-state index contributed by atoms with van der Waals surface area (Å²) in [5.41, 5.74) is -0.0392. The summed E-state index contributed by atoms with van der Waals surface area (Å²) in [6, 6.07) is 12.7. The molecule has 0 radical (unpaired) electrons. The number of fused-ring (bicyclic) bond motifs is 1. The summed E-state index contributed by atoms with van der Waals surface area (Å²) in [6.07, 6.45) is 1.39. The standard InChI is InChI=1S/C21H20BrNO4/c1-3-10-27-19-7-5-4-6-15(19)13-23-18-9-8-16(22)11-17(18)21(26,20(23)25)12-14(2)24/h3-9,11,26H,1,10,12-13H2,2H3. The van der Waals surface area contributed by atoms with Crippen molar-refractivity contribution in [2.45, 2.75) is 25.5 Å². The van der Waals surface area contributed by atoms with Gasteiger partial charge in [-0.3, -0.25) is 9.59 Å². The van der Waals surface area contributed by atoms with Crippen molar-refractivity contribution >= 4 is 33.3 Å². The van der Waals surface area contributed by atoms with E-state index >= 15 is 0 Å². The zero-order chi connectivity index (χ0) is 19.6. The predicted molar refractivity (Wildman–Crippen MR) is 107 cm³/mol. The molecule has 1 unspecified atom stereocenters. The Hall–Kier alpha value is -2.44. The first-order chi connectivity index (χ1) is 12.9. The van der Waals surface area contributed by atoms with Crippen LogP contribution < -0.4 is 9.64 Å². The minimum Gasteiger partial charge on any atom is -0.489 e. The highest BCUT2D eigenvalue weighted by Gasteiger charge is 2.50. The van der Waals surface area contributed by atoms with Crippen molar-refractivity contribution in [3.8, 4) is 5.75 Å². The lowest BCUT2D eigenvalue weighted by molar-refractivity contribution is -0.141. The molecule has 5 nitrogen and oxygen atoms in total. The number of para-hydroxylation sites is 1. The highest BCUT2D eigenvalue weighted by Crippen LogP contribution is 2.44. The van der Waals surface area contributed by atoms with Crippen molar-refractivity contribution in [2.24, 2.45) is 0 Å². The van der Waals surface area contributed by atoms with Crippen molar-refractivity contribution in [1.29, 1.82) is 0 Å². The number of carbonyl (C=O) groups excluding carboxylic acids is 2. The molecule has 0 aromatic heterocycles. The largest absolute Gasteiger partial charge is 0.489 e. The summed E-state index contributed by atoms with van der Waals surface area (Å²) >= 11 is 3.37. The lowest BCUT2D eigenvalue weighted by Crippen LogP contribution is -2.41. The quantitative estimate of drug-likeness (QED) is 0.680. The van der Waals surface area contributed by atoms with Gasteiger partial charge >= 0.3 is 0 Å². The molecular weight excluding hydrogens is 410 g/mol. The molecule has 0 saturated heterocycles. The van der Waals surface area contributed by atoms with E-state index in [0.29, 0.717) is 23.6 Å². The van der Waals surface area contributed by atoms with Gasteiger partial charge in [0.25, 0.3) is 5.91 Å². The number of ether oxygens (including phenoxy) is 1. The van der Waals surface area contributed by atoms with E-state index in [2.05, 4.69) is 22.5 Å². The van der Waals surface area contributed by atoms with Gasteiger partial charge in [-0.15, -0.1) is 0 Å². The van der Waals surface area contributed by atoms with E-state index in [-0.39, 0.29) is 18.7 Å². The predicted octanol–water partition coefficient (Wildman–Crippen LogP) is 3.73. The van der Waals surface area contributed by atoms with Gasteiger partial charge < -0.3 is 14.7 Å². The molecule has 27 heavy (non-hydrogen) atoms. The Balaban J connectivity index is 2.02. The van der Waals surface area contributed by atoms with Gasteiger partial charge in [0.05, 0.1) is 12.2 Å². The maximum Gasteiger partial charge on any atom is 0.264 e. The van der Waals surface area contributed by atoms with E-state index in [1.54, 1.807) is 24.3 Å². The number of carbonyl (C=O) groups is 2. The summed E-state index contributed by atoms with van der Waals surface area (Å²) in [5.74, 6) is -0.122. The molecular formula is C21H20BrNO4. The van der Waals surface area contributed by atoms with Crippen LogP contribution in [0.15, 0.2) is 59.6 Å². The number of anilines is 1. The molecule has 6 heteroatoms. The Kier molecular flexibility index (Phi) is 5.48. The molecule has 3 rings (SSSR count). The highest BCUT2D eigenvalue weighted by atomic mass is 79.9. The SMILES string of the molecule is C=CCOc1ccccc1CN1C(=O)C(O)(CC(C)=O)c2cc(Br)ccc21. The van der Waals surface area contributed by atoms with E-state index in [9.17, 15) is 14.7 Å². The third kappa shape index (κ3) is 3.68. The van der Waals surface area contributed by atoms with Crippen LogP contribution in [0.2, 0.25) is 0 Å². The van der Waals surface area contributed by atoms with E-state index in [0.717, 1.165) is 10.0 Å². The lowest BCUT2D eigenvalue weighted by Gasteiger charge is -2.23. The summed E-state index contributed by atoms with van der Waals surface area (Å²) in [6.45, 7) is 5.58. The number of nitrogens with zero attached hydrogens (tertiary/aromatic N) is 1. The van der Waals surface area contributed by atoms with Crippen LogP contribution in [0.25, 0.3) is 0 Å². The van der Waals surface area contributed by atoms with Crippen LogP contribution >= 0.6 is 15.9 Å². The highest BCUT2D eigenvalue weighted by molar-refractivity contribution is 9.10. The zero-order valence-electron chi connectivity index (χ0n) is 14.9. The van der Waals surface area contributed by atoms with Crippen LogP contribution in [-0.2, 0) is 21.7 Å². The molecule has 140 valence electrons. The van der Waals surface area contributed by atoms with E-state index in [4.69, 9.17) is 4.74 Å². The molecule has 1 aliphatic rings. The molecule has 2 aromatic rings. The van der Waals surface area contributed by atoms with Crippen molar-refractivity contribution < 1.29 is 19.4 Å². The van der Waals surface area contributed by atoms with E-state index < -0.39 is 11.5 Å². The monoisotopic (exact) mass is 429 g/mol. The average molecular weight is 430 g/mol. The molecule has 0 spiro atoms. The Morgan fingerprint density at radius 1 is 1.33 bits per heavy atom. The van der Waals surface area contributed by atoms with Crippen molar-refractivity contribution in [3.05, 3.63) is 70.7 Å². The number of benzene rings is 2. The van der Waals surface area contributed by atoms with Crippen molar-refractivity contribution in [2.75, 3.05) is 11.5 Å². The molecule has 0 bridgehead atoms. The number of Topliss-reactive ketones (excluding diaryl/α,β-unsaturated/α-hetero) is 1. The van der Waals surface area contributed by atoms with E-state index in [1.165, 1.54) is 11.8 Å². The third-order valence-corrected chi connectivity index (χ3v) is 4.95. The summed E-state index contributed by atoms with van der Waals surface area (Å²) < 4.78 is 6.40. The third-order valence-electron chi connectivity index (χ3n) is 4.46. The molecule has 2 aromatic carbocycles. The topological polar surface area (TPSA) is 66.8 Å². The maximum atomic E-state index is 13.1. The number of hydrogen-bond acceptors (Lipinski definition) is 4. The van der Waals surface area contributed by atoms with Crippen LogP contribution in [-0.4, -0.2) is 23.4 Å². The van der Waals surface area contributed by atoms with E-state index in [1.807, 2.05) is 24.3 Å². The maximum absolute atomic E-state index is 13.1. The van der Waals surface area contributed by atoms with Crippen LogP contribution in [0, 0.1) is 0 Å². The fraction of sp³-hybridized carbons (Fsp3) is 0.238. The van der Waals surface area contributed by atoms with Crippen molar-refractivity contribution in [1.82, 2.24) is 0 Å². The molecule has 1 heterocycles. The van der Waals surface area contributed by atoms with Gasteiger partial charge in [0.2, 0.25) is 0 Å². The molecule has 1 atom stereocenters.